The molecular formula is C33H35F3N4O6. The van der Waals surface area contributed by atoms with E-state index in [1.54, 1.807) is 24.3 Å². The maximum atomic E-state index is 12.6. The maximum absolute atomic E-state index is 12.6. The number of carbonyl (C=O) groups is 5. The summed E-state index contributed by atoms with van der Waals surface area (Å²) < 4.78 is 41.6. The highest BCUT2D eigenvalue weighted by Crippen LogP contribution is 2.24. The second-order valence-electron chi connectivity index (χ2n) is 10.2. The van der Waals surface area contributed by atoms with Gasteiger partial charge in [0.25, 0.3) is 0 Å². The highest BCUT2D eigenvalue weighted by molar-refractivity contribution is 5.89. The Morgan fingerprint density at radius 1 is 0.696 bits per heavy atom. The lowest BCUT2D eigenvalue weighted by molar-refractivity contribution is -0.202. The SMILES string of the molecule is O=C(CCCCNC(=O)NCCc1ccccc1)NCC(=O)NC(CC(=O)OC(=O)C(F)(F)F)c1ccc(-c2ccccc2)cc1. The number of benzene rings is 3. The fourth-order valence-electron chi connectivity index (χ4n) is 4.31. The first-order valence-electron chi connectivity index (χ1n) is 14.6. The molecule has 10 nitrogen and oxygen atoms in total. The van der Waals surface area contributed by atoms with E-state index in [1.807, 2.05) is 60.7 Å². The predicted molar refractivity (Wildman–Crippen MR) is 163 cm³/mol. The van der Waals surface area contributed by atoms with Crippen molar-refractivity contribution in [2.45, 2.75) is 44.3 Å². The van der Waals surface area contributed by atoms with Crippen molar-refractivity contribution in [3.05, 3.63) is 96.1 Å². The number of hydrogen-bond donors (Lipinski definition) is 4. The average molecular weight is 641 g/mol. The molecular weight excluding hydrogens is 605 g/mol. The molecule has 4 N–H and O–H groups in total. The van der Waals surface area contributed by atoms with Crippen LogP contribution in [0.4, 0.5) is 18.0 Å². The van der Waals surface area contributed by atoms with Gasteiger partial charge < -0.3 is 26.0 Å². The Labute approximate surface area is 264 Å². The first-order valence-corrected chi connectivity index (χ1v) is 14.6. The van der Waals surface area contributed by atoms with Crippen molar-refractivity contribution in [2.24, 2.45) is 0 Å². The first-order chi connectivity index (χ1) is 22.0. The van der Waals surface area contributed by atoms with Gasteiger partial charge in [0.05, 0.1) is 19.0 Å². The smallest absolute Gasteiger partial charge is 0.386 e. The third-order valence-corrected chi connectivity index (χ3v) is 6.67. The van der Waals surface area contributed by atoms with E-state index in [0.717, 1.165) is 16.7 Å². The molecule has 4 amide bonds. The van der Waals surface area contributed by atoms with Gasteiger partial charge in [0.1, 0.15) is 0 Å². The molecule has 0 saturated carbocycles. The van der Waals surface area contributed by atoms with E-state index in [2.05, 4.69) is 26.0 Å². The molecule has 3 aromatic rings. The van der Waals surface area contributed by atoms with E-state index in [4.69, 9.17) is 0 Å². The van der Waals surface area contributed by atoms with Gasteiger partial charge in [-0.3, -0.25) is 14.4 Å². The van der Waals surface area contributed by atoms with Gasteiger partial charge in [0.15, 0.2) is 0 Å². The fraction of sp³-hybridized carbons (Fsp3) is 0.303. The number of esters is 2. The number of hydrogen-bond acceptors (Lipinski definition) is 6. The molecule has 46 heavy (non-hydrogen) atoms. The molecule has 0 saturated heterocycles. The summed E-state index contributed by atoms with van der Waals surface area (Å²) in [4.78, 5) is 60.0. The molecule has 0 aliphatic rings. The molecule has 0 bridgehead atoms. The summed E-state index contributed by atoms with van der Waals surface area (Å²) in [6, 6.07) is 24.1. The third kappa shape index (κ3) is 12.8. The van der Waals surface area contributed by atoms with Gasteiger partial charge in [-0.25, -0.2) is 9.59 Å². The lowest BCUT2D eigenvalue weighted by atomic mass is 9.99. The van der Waals surface area contributed by atoms with Crippen LogP contribution < -0.4 is 21.3 Å². The van der Waals surface area contributed by atoms with Gasteiger partial charge in [-0.05, 0) is 41.5 Å². The van der Waals surface area contributed by atoms with Crippen LogP contribution in [0.2, 0.25) is 0 Å². The molecule has 0 spiro atoms. The molecule has 0 aromatic heterocycles. The van der Waals surface area contributed by atoms with E-state index in [9.17, 15) is 37.1 Å². The monoisotopic (exact) mass is 640 g/mol. The van der Waals surface area contributed by atoms with Crippen LogP contribution in [0.15, 0.2) is 84.9 Å². The zero-order chi connectivity index (χ0) is 33.4. The van der Waals surface area contributed by atoms with Crippen LogP contribution >= 0.6 is 0 Å². The molecule has 0 radical (unpaired) electrons. The van der Waals surface area contributed by atoms with Crippen molar-refractivity contribution < 1.29 is 41.9 Å². The summed E-state index contributed by atoms with van der Waals surface area (Å²) in [5, 5.41) is 10.4. The quantitative estimate of drug-likeness (QED) is 0.111. The molecule has 244 valence electrons. The summed E-state index contributed by atoms with van der Waals surface area (Å²) in [5.74, 6) is -5.29. The normalized spacial score (nSPS) is 11.5. The van der Waals surface area contributed by atoms with Crippen LogP contribution in [0, 0.1) is 0 Å². The van der Waals surface area contributed by atoms with Crippen molar-refractivity contribution >= 4 is 29.8 Å². The van der Waals surface area contributed by atoms with Gasteiger partial charge >= 0.3 is 24.1 Å². The Kier molecular flexibility index (Phi) is 13.8. The summed E-state index contributed by atoms with van der Waals surface area (Å²) in [5.41, 5.74) is 3.18. The average Bonchev–Trinajstić information content (AvgIpc) is 3.04. The largest absolute Gasteiger partial charge is 0.491 e. The zero-order valence-corrected chi connectivity index (χ0v) is 24.9. The third-order valence-electron chi connectivity index (χ3n) is 6.67. The van der Waals surface area contributed by atoms with Crippen molar-refractivity contribution in [3.8, 4) is 11.1 Å². The van der Waals surface area contributed by atoms with Crippen molar-refractivity contribution in [1.29, 1.82) is 0 Å². The minimum Gasteiger partial charge on any atom is -0.386 e. The van der Waals surface area contributed by atoms with E-state index >= 15 is 0 Å². The minimum absolute atomic E-state index is 0.0842. The lowest BCUT2D eigenvalue weighted by Crippen LogP contribution is -2.39. The van der Waals surface area contributed by atoms with Crippen LogP contribution in [0.3, 0.4) is 0 Å². The maximum Gasteiger partial charge on any atom is 0.491 e. The van der Waals surface area contributed by atoms with E-state index < -0.39 is 48.9 Å². The first kappa shape index (κ1) is 35.3. The Morgan fingerprint density at radius 3 is 1.96 bits per heavy atom. The van der Waals surface area contributed by atoms with Gasteiger partial charge in [-0.2, -0.15) is 13.2 Å². The van der Waals surface area contributed by atoms with Crippen molar-refractivity contribution in [2.75, 3.05) is 19.6 Å². The van der Waals surface area contributed by atoms with Gasteiger partial charge in [0, 0.05) is 19.5 Å². The number of amides is 4. The number of nitrogens with one attached hydrogen (secondary N) is 4. The van der Waals surface area contributed by atoms with E-state index in [-0.39, 0.29) is 12.5 Å². The highest BCUT2D eigenvalue weighted by Gasteiger charge is 2.42. The number of halogens is 3. The molecule has 0 aliphatic heterocycles. The number of rotatable bonds is 15. The molecule has 13 heteroatoms. The Balaban J connectivity index is 1.43. The standard InChI is InChI=1S/C33H35F3N4O6/c34-33(35,36)31(44)46-30(43)21-27(26-16-14-25(15-17-26)24-11-5-2-6-12-24)40-29(42)22-39-28(41)13-7-8-19-37-32(45)38-20-18-23-9-3-1-4-10-23/h1-6,9-12,14-17,27H,7-8,13,18-22H2,(H,39,41)(H,40,42)(H2,37,38,45). The van der Waals surface area contributed by atoms with Crippen LogP contribution in [0.1, 0.15) is 42.9 Å². The van der Waals surface area contributed by atoms with Gasteiger partial charge in [-0.15, -0.1) is 0 Å². The highest BCUT2D eigenvalue weighted by atomic mass is 19.4. The topological polar surface area (TPSA) is 143 Å². The van der Waals surface area contributed by atoms with Crippen LogP contribution in [-0.4, -0.2) is 55.6 Å². The fourth-order valence-corrected chi connectivity index (χ4v) is 4.31. The van der Waals surface area contributed by atoms with E-state index in [1.165, 1.54) is 0 Å². The van der Waals surface area contributed by atoms with Gasteiger partial charge in [0.2, 0.25) is 11.8 Å². The second-order valence-corrected chi connectivity index (χ2v) is 10.2. The van der Waals surface area contributed by atoms with Crippen molar-refractivity contribution in [3.63, 3.8) is 0 Å². The summed E-state index contributed by atoms with van der Waals surface area (Å²) in [7, 11) is 0. The van der Waals surface area contributed by atoms with Crippen LogP contribution in [0.5, 0.6) is 0 Å². The molecule has 1 atom stereocenters. The number of alkyl halides is 3. The Hall–Kier alpha value is -5.20. The number of urea groups is 1. The van der Waals surface area contributed by atoms with E-state index in [0.29, 0.717) is 37.9 Å². The molecule has 3 rings (SSSR count). The summed E-state index contributed by atoms with van der Waals surface area (Å²) in [6.45, 7) is 0.367. The van der Waals surface area contributed by atoms with Crippen LogP contribution in [-0.2, 0) is 30.3 Å². The molecule has 0 aliphatic carbocycles. The summed E-state index contributed by atoms with van der Waals surface area (Å²) in [6.07, 6.45) is -4.38. The van der Waals surface area contributed by atoms with Gasteiger partial charge in [-0.1, -0.05) is 84.9 Å². The molecule has 3 aromatic carbocycles. The minimum atomic E-state index is -5.36. The van der Waals surface area contributed by atoms with Crippen LogP contribution in [0.25, 0.3) is 11.1 Å². The Morgan fingerprint density at radius 2 is 1.30 bits per heavy atom. The molecule has 0 fully saturated rings. The summed E-state index contributed by atoms with van der Waals surface area (Å²) >= 11 is 0. The number of unbranched alkanes of at least 4 members (excludes halogenated alkanes) is 1. The molecule has 1 unspecified atom stereocenters. The lowest BCUT2D eigenvalue weighted by Gasteiger charge is -2.19. The Bertz CT molecular complexity index is 1450. The number of ether oxygens (including phenoxy) is 1. The number of carbonyl (C=O) groups excluding carboxylic acids is 5. The molecule has 0 heterocycles. The zero-order valence-electron chi connectivity index (χ0n) is 24.9. The predicted octanol–water partition coefficient (Wildman–Crippen LogP) is 4.36. The second kappa shape index (κ2) is 17.9. The van der Waals surface area contributed by atoms with Crippen molar-refractivity contribution in [1.82, 2.24) is 21.3 Å².